The van der Waals surface area contributed by atoms with Crippen molar-refractivity contribution in [2.75, 3.05) is 0 Å². The zero-order chi connectivity index (χ0) is 14.1. The predicted octanol–water partition coefficient (Wildman–Crippen LogP) is 2.72. The van der Waals surface area contributed by atoms with E-state index in [4.69, 9.17) is 9.26 Å². The Labute approximate surface area is 115 Å². The maximum absolute atomic E-state index is 13.2. The highest BCUT2D eigenvalue weighted by Gasteiger charge is 2.28. The van der Waals surface area contributed by atoms with E-state index in [1.165, 1.54) is 18.2 Å². The third-order valence-corrected chi connectivity index (χ3v) is 3.20. The van der Waals surface area contributed by atoms with Gasteiger partial charge in [0.05, 0.1) is 6.10 Å². The topological polar surface area (TPSA) is 68.4 Å². The SMILES string of the molecule is C[C@@H](O)c1ccc(F)cc1OCc1nc(C2CC2)no1. The summed E-state index contributed by atoms with van der Waals surface area (Å²) in [7, 11) is 0. The molecule has 0 saturated heterocycles. The lowest BCUT2D eigenvalue weighted by Crippen LogP contribution is -2.02. The molecule has 0 aliphatic heterocycles. The Kier molecular flexibility index (Phi) is 3.40. The fraction of sp³-hybridized carbons (Fsp3) is 0.429. The normalized spacial score (nSPS) is 16.1. The number of aliphatic hydroxyl groups is 1. The van der Waals surface area contributed by atoms with Gasteiger partial charge in [0.25, 0.3) is 5.89 Å². The summed E-state index contributed by atoms with van der Waals surface area (Å²) in [5, 5.41) is 13.5. The minimum absolute atomic E-state index is 0.0584. The molecule has 1 N–H and O–H groups in total. The second kappa shape index (κ2) is 5.20. The number of ether oxygens (including phenoxy) is 1. The molecular weight excluding hydrogens is 263 g/mol. The van der Waals surface area contributed by atoms with Gasteiger partial charge in [-0.15, -0.1) is 0 Å². The number of hydrogen-bond acceptors (Lipinski definition) is 5. The van der Waals surface area contributed by atoms with Crippen molar-refractivity contribution in [1.29, 1.82) is 0 Å². The van der Waals surface area contributed by atoms with Gasteiger partial charge in [-0.25, -0.2) is 4.39 Å². The minimum atomic E-state index is -0.740. The zero-order valence-corrected chi connectivity index (χ0v) is 11.0. The van der Waals surface area contributed by atoms with Crippen LogP contribution in [-0.2, 0) is 6.61 Å². The van der Waals surface area contributed by atoms with E-state index in [0.29, 0.717) is 23.2 Å². The second-order valence-electron chi connectivity index (χ2n) is 4.97. The van der Waals surface area contributed by atoms with Gasteiger partial charge < -0.3 is 14.4 Å². The largest absolute Gasteiger partial charge is 0.483 e. The first kappa shape index (κ1) is 13.1. The van der Waals surface area contributed by atoms with E-state index in [1.807, 2.05) is 0 Å². The van der Waals surface area contributed by atoms with Crippen molar-refractivity contribution in [3.05, 3.63) is 41.3 Å². The minimum Gasteiger partial charge on any atom is -0.483 e. The van der Waals surface area contributed by atoms with E-state index in [9.17, 15) is 9.50 Å². The van der Waals surface area contributed by atoms with Crippen molar-refractivity contribution in [2.24, 2.45) is 0 Å². The molecule has 1 fully saturated rings. The van der Waals surface area contributed by atoms with Gasteiger partial charge in [-0.3, -0.25) is 0 Å². The molecule has 106 valence electrons. The Bertz CT molecular complexity index is 608. The molecule has 1 heterocycles. The maximum atomic E-state index is 13.2. The van der Waals surface area contributed by atoms with E-state index < -0.39 is 11.9 Å². The van der Waals surface area contributed by atoms with Crippen LogP contribution in [-0.4, -0.2) is 15.2 Å². The van der Waals surface area contributed by atoms with Crippen LogP contribution in [0.3, 0.4) is 0 Å². The average Bonchev–Trinajstić information content (AvgIpc) is 3.15. The molecule has 0 radical (unpaired) electrons. The Hall–Kier alpha value is -1.95. The number of aliphatic hydroxyl groups excluding tert-OH is 1. The Balaban J connectivity index is 1.71. The maximum Gasteiger partial charge on any atom is 0.264 e. The lowest BCUT2D eigenvalue weighted by Gasteiger charge is -2.12. The Morgan fingerprint density at radius 3 is 3.00 bits per heavy atom. The van der Waals surface area contributed by atoms with Gasteiger partial charge >= 0.3 is 0 Å². The number of nitrogens with zero attached hydrogens (tertiary/aromatic N) is 2. The van der Waals surface area contributed by atoms with Crippen molar-refractivity contribution in [3.8, 4) is 5.75 Å². The number of rotatable bonds is 5. The molecule has 6 heteroatoms. The molecule has 2 aromatic rings. The monoisotopic (exact) mass is 278 g/mol. The number of halogens is 1. The Morgan fingerprint density at radius 2 is 2.30 bits per heavy atom. The molecule has 1 aliphatic rings. The van der Waals surface area contributed by atoms with E-state index in [1.54, 1.807) is 6.92 Å². The van der Waals surface area contributed by atoms with Crippen molar-refractivity contribution in [3.63, 3.8) is 0 Å². The fourth-order valence-corrected chi connectivity index (χ4v) is 1.95. The van der Waals surface area contributed by atoms with Crippen LogP contribution in [0.5, 0.6) is 5.75 Å². The third kappa shape index (κ3) is 2.80. The fourth-order valence-electron chi connectivity index (χ4n) is 1.95. The lowest BCUT2D eigenvalue weighted by molar-refractivity contribution is 0.185. The van der Waals surface area contributed by atoms with Crippen molar-refractivity contribution in [1.82, 2.24) is 10.1 Å². The first-order valence-corrected chi connectivity index (χ1v) is 6.56. The Morgan fingerprint density at radius 1 is 1.50 bits per heavy atom. The first-order chi connectivity index (χ1) is 9.63. The molecule has 20 heavy (non-hydrogen) atoms. The highest BCUT2D eigenvalue weighted by atomic mass is 19.1. The van der Waals surface area contributed by atoms with Crippen LogP contribution in [0.4, 0.5) is 4.39 Å². The highest BCUT2D eigenvalue weighted by molar-refractivity contribution is 5.35. The van der Waals surface area contributed by atoms with Gasteiger partial charge in [0.1, 0.15) is 11.6 Å². The molecule has 0 bridgehead atoms. The number of aromatic nitrogens is 2. The van der Waals surface area contributed by atoms with Gasteiger partial charge in [-0.05, 0) is 31.9 Å². The van der Waals surface area contributed by atoms with Gasteiger partial charge in [0.15, 0.2) is 12.4 Å². The van der Waals surface area contributed by atoms with Crippen LogP contribution in [0.25, 0.3) is 0 Å². The molecular formula is C14H15FN2O3. The summed E-state index contributed by atoms with van der Waals surface area (Å²) >= 11 is 0. The van der Waals surface area contributed by atoms with Gasteiger partial charge in [0, 0.05) is 17.5 Å². The summed E-state index contributed by atoms with van der Waals surface area (Å²) in [5.41, 5.74) is 0.522. The van der Waals surface area contributed by atoms with Crippen LogP contribution in [0.15, 0.2) is 22.7 Å². The van der Waals surface area contributed by atoms with Crippen LogP contribution in [0.2, 0.25) is 0 Å². The summed E-state index contributed by atoms with van der Waals surface area (Å²) in [5.74, 6) is 1.33. The molecule has 1 aromatic carbocycles. The third-order valence-electron chi connectivity index (χ3n) is 3.20. The van der Waals surface area contributed by atoms with E-state index >= 15 is 0 Å². The predicted molar refractivity (Wildman–Crippen MR) is 67.6 cm³/mol. The quantitative estimate of drug-likeness (QED) is 0.910. The molecule has 1 saturated carbocycles. The number of hydrogen-bond donors (Lipinski definition) is 1. The average molecular weight is 278 g/mol. The molecule has 5 nitrogen and oxygen atoms in total. The summed E-state index contributed by atoms with van der Waals surface area (Å²) in [4.78, 5) is 4.23. The summed E-state index contributed by atoms with van der Waals surface area (Å²) in [6.45, 7) is 1.65. The molecule has 1 aromatic heterocycles. The van der Waals surface area contributed by atoms with Gasteiger partial charge in [-0.2, -0.15) is 4.98 Å². The van der Waals surface area contributed by atoms with Crippen molar-refractivity contribution in [2.45, 2.75) is 38.4 Å². The molecule has 0 amide bonds. The van der Waals surface area contributed by atoms with Gasteiger partial charge in [0.2, 0.25) is 0 Å². The molecule has 0 spiro atoms. The van der Waals surface area contributed by atoms with E-state index in [-0.39, 0.29) is 12.4 Å². The highest BCUT2D eigenvalue weighted by Crippen LogP contribution is 2.38. The molecule has 1 aliphatic carbocycles. The summed E-state index contributed by atoms with van der Waals surface area (Å²) in [6, 6.07) is 4.02. The smallest absolute Gasteiger partial charge is 0.264 e. The van der Waals surface area contributed by atoms with Crippen LogP contribution in [0, 0.1) is 5.82 Å². The van der Waals surface area contributed by atoms with E-state index in [0.717, 1.165) is 12.8 Å². The van der Waals surface area contributed by atoms with Crippen LogP contribution >= 0.6 is 0 Å². The first-order valence-electron chi connectivity index (χ1n) is 6.56. The molecule has 1 atom stereocenters. The summed E-state index contributed by atoms with van der Waals surface area (Å²) in [6.07, 6.45) is 1.45. The zero-order valence-electron chi connectivity index (χ0n) is 11.0. The molecule has 3 rings (SSSR count). The standard InChI is InChI=1S/C14H15FN2O3/c1-8(18)11-5-4-10(15)6-12(11)19-7-13-16-14(17-20-13)9-2-3-9/h4-6,8-9,18H,2-3,7H2,1H3/t8-/m1/s1. The summed E-state index contributed by atoms with van der Waals surface area (Å²) < 4.78 is 23.8. The van der Waals surface area contributed by atoms with Crippen molar-refractivity contribution < 1.29 is 18.8 Å². The van der Waals surface area contributed by atoms with Crippen LogP contribution in [0.1, 0.15) is 49.1 Å². The van der Waals surface area contributed by atoms with Crippen LogP contribution < -0.4 is 4.74 Å². The van der Waals surface area contributed by atoms with Crippen molar-refractivity contribution >= 4 is 0 Å². The lowest BCUT2D eigenvalue weighted by atomic mass is 10.1. The molecule has 0 unspecified atom stereocenters. The van der Waals surface area contributed by atoms with E-state index in [2.05, 4.69) is 10.1 Å². The second-order valence-corrected chi connectivity index (χ2v) is 4.97. The number of benzene rings is 1. The van der Waals surface area contributed by atoms with Gasteiger partial charge in [-0.1, -0.05) is 5.16 Å².